The standard InChI is InChI=1S/C16H21ClN2O2S/c17-14-5-1-2-6-15(14)22-11-16(20)18-8-13-9-19-7-3-4-12(19)10-21-13/h1-2,5-6,12-13H,3-4,7-11H2,(H,18,20)/t12-,13-/m1/s1. The zero-order chi connectivity index (χ0) is 15.4. The number of hydrogen-bond donors (Lipinski definition) is 1. The van der Waals surface area contributed by atoms with Gasteiger partial charge in [-0.3, -0.25) is 9.69 Å². The van der Waals surface area contributed by atoms with Crippen LogP contribution in [-0.4, -0.2) is 54.9 Å². The lowest BCUT2D eigenvalue weighted by Crippen LogP contribution is -2.50. The van der Waals surface area contributed by atoms with Gasteiger partial charge in [-0.1, -0.05) is 23.7 Å². The number of carbonyl (C=O) groups is 1. The molecule has 22 heavy (non-hydrogen) atoms. The predicted molar refractivity (Wildman–Crippen MR) is 89.5 cm³/mol. The number of hydrogen-bond acceptors (Lipinski definition) is 4. The average Bonchev–Trinajstić information content (AvgIpc) is 2.99. The van der Waals surface area contributed by atoms with Crippen molar-refractivity contribution in [2.24, 2.45) is 0 Å². The minimum atomic E-state index is 0.0251. The molecule has 1 N–H and O–H groups in total. The fourth-order valence-corrected chi connectivity index (χ4v) is 4.06. The Morgan fingerprint density at radius 3 is 3.18 bits per heavy atom. The molecule has 0 aliphatic carbocycles. The number of thioether (sulfide) groups is 1. The Hall–Kier alpha value is -0.750. The Kier molecular flexibility index (Phi) is 5.63. The number of morpholine rings is 1. The van der Waals surface area contributed by atoms with E-state index in [2.05, 4.69) is 10.2 Å². The third-order valence-electron chi connectivity index (χ3n) is 4.18. The van der Waals surface area contributed by atoms with E-state index in [9.17, 15) is 4.79 Å². The van der Waals surface area contributed by atoms with Gasteiger partial charge in [0.2, 0.25) is 5.91 Å². The Balaban J connectivity index is 1.38. The molecule has 2 aliphatic heterocycles. The van der Waals surface area contributed by atoms with Crippen LogP contribution in [0.25, 0.3) is 0 Å². The van der Waals surface area contributed by atoms with E-state index in [-0.39, 0.29) is 12.0 Å². The Morgan fingerprint density at radius 1 is 1.45 bits per heavy atom. The van der Waals surface area contributed by atoms with Gasteiger partial charge in [-0.05, 0) is 31.5 Å². The zero-order valence-corrected chi connectivity index (χ0v) is 14.0. The van der Waals surface area contributed by atoms with E-state index < -0.39 is 0 Å². The number of amides is 1. The van der Waals surface area contributed by atoms with Crippen LogP contribution < -0.4 is 5.32 Å². The van der Waals surface area contributed by atoms with Gasteiger partial charge in [0.25, 0.3) is 0 Å². The lowest BCUT2D eigenvalue weighted by Gasteiger charge is -2.35. The van der Waals surface area contributed by atoms with E-state index in [1.165, 1.54) is 31.1 Å². The van der Waals surface area contributed by atoms with Crippen LogP contribution in [0.15, 0.2) is 29.2 Å². The van der Waals surface area contributed by atoms with Gasteiger partial charge in [0.05, 0.1) is 23.5 Å². The molecule has 120 valence electrons. The maximum atomic E-state index is 12.0. The van der Waals surface area contributed by atoms with Gasteiger partial charge in [0.1, 0.15) is 0 Å². The summed E-state index contributed by atoms with van der Waals surface area (Å²) in [6.07, 6.45) is 2.62. The summed E-state index contributed by atoms with van der Waals surface area (Å²) < 4.78 is 5.84. The van der Waals surface area contributed by atoms with E-state index in [1.807, 2.05) is 24.3 Å². The average molecular weight is 341 g/mol. The Labute approximate surface area is 140 Å². The van der Waals surface area contributed by atoms with Crippen molar-refractivity contribution >= 4 is 29.3 Å². The smallest absolute Gasteiger partial charge is 0.230 e. The highest BCUT2D eigenvalue weighted by molar-refractivity contribution is 8.00. The molecule has 2 atom stereocenters. The van der Waals surface area contributed by atoms with Crippen LogP contribution >= 0.6 is 23.4 Å². The van der Waals surface area contributed by atoms with Gasteiger partial charge in [-0.25, -0.2) is 0 Å². The molecule has 0 aromatic heterocycles. The molecule has 6 heteroatoms. The highest BCUT2D eigenvalue weighted by atomic mass is 35.5. The molecular formula is C16H21ClN2O2S. The van der Waals surface area contributed by atoms with Crippen molar-refractivity contribution in [3.8, 4) is 0 Å². The number of fused-ring (bicyclic) bond motifs is 1. The zero-order valence-electron chi connectivity index (χ0n) is 12.5. The van der Waals surface area contributed by atoms with Crippen LogP contribution in [0, 0.1) is 0 Å². The summed E-state index contributed by atoms with van der Waals surface area (Å²) in [6.45, 7) is 3.49. The second-order valence-corrected chi connectivity index (χ2v) is 7.19. The monoisotopic (exact) mass is 340 g/mol. The van der Waals surface area contributed by atoms with E-state index in [4.69, 9.17) is 16.3 Å². The molecule has 2 aliphatic rings. The quantitative estimate of drug-likeness (QED) is 0.836. The van der Waals surface area contributed by atoms with Crippen LogP contribution in [0.1, 0.15) is 12.8 Å². The molecule has 2 saturated heterocycles. The first kappa shape index (κ1) is 16.1. The molecule has 2 heterocycles. The predicted octanol–water partition coefficient (Wildman–Crippen LogP) is 2.41. The Bertz CT molecular complexity index is 529. The van der Waals surface area contributed by atoms with E-state index >= 15 is 0 Å². The maximum absolute atomic E-state index is 12.0. The van der Waals surface area contributed by atoms with E-state index in [0.29, 0.717) is 23.4 Å². The van der Waals surface area contributed by atoms with Gasteiger partial charge in [0, 0.05) is 24.0 Å². The highest BCUT2D eigenvalue weighted by Crippen LogP contribution is 2.26. The minimum absolute atomic E-state index is 0.0251. The number of ether oxygens (including phenoxy) is 1. The van der Waals surface area contributed by atoms with Gasteiger partial charge < -0.3 is 10.1 Å². The van der Waals surface area contributed by atoms with Crippen LogP contribution in [0.4, 0.5) is 0 Å². The van der Waals surface area contributed by atoms with Crippen LogP contribution in [-0.2, 0) is 9.53 Å². The molecular weight excluding hydrogens is 320 g/mol. The molecule has 2 fully saturated rings. The fourth-order valence-electron chi connectivity index (χ4n) is 2.99. The van der Waals surface area contributed by atoms with Gasteiger partial charge in [0.15, 0.2) is 0 Å². The number of nitrogens with one attached hydrogen (secondary N) is 1. The van der Waals surface area contributed by atoms with Crippen LogP contribution in [0.3, 0.4) is 0 Å². The second kappa shape index (κ2) is 7.68. The molecule has 4 nitrogen and oxygen atoms in total. The van der Waals surface area contributed by atoms with Crippen molar-refractivity contribution in [2.45, 2.75) is 29.9 Å². The minimum Gasteiger partial charge on any atom is -0.373 e. The third kappa shape index (κ3) is 4.16. The van der Waals surface area contributed by atoms with Gasteiger partial charge >= 0.3 is 0 Å². The number of carbonyl (C=O) groups excluding carboxylic acids is 1. The van der Waals surface area contributed by atoms with Gasteiger partial charge in [-0.2, -0.15) is 0 Å². The lowest BCUT2D eigenvalue weighted by molar-refractivity contribution is -0.120. The molecule has 0 spiro atoms. The molecule has 0 unspecified atom stereocenters. The molecule has 3 rings (SSSR count). The van der Waals surface area contributed by atoms with Crippen molar-refractivity contribution in [1.82, 2.24) is 10.2 Å². The normalized spacial score (nSPS) is 25.0. The number of rotatable bonds is 5. The number of nitrogens with zero attached hydrogens (tertiary/aromatic N) is 1. The molecule has 0 bridgehead atoms. The first-order valence-corrected chi connectivity index (χ1v) is 9.08. The molecule has 1 aromatic carbocycles. The molecule has 0 saturated carbocycles. The maximum Gasteiger partial charge on any atom is 0.230 e. The Morgan fingerprint density at radius 2 is 2.32 bits per heavy atom. The van der Waals surface area contributed by atoms with Crippen molar-refractivity contribution in [1.29, 1.82) is 0 Å². The summed E-state index contributed by atoms with van der Waals surface area (Å²) >= 11 is 7.54. The summed E-state index contributed by atoms with van der Waals surface area (Å²) in [4.78, 5) is 15.4. The summed E-state index contributed by atoms with van der Waals surface area (Å²) in [5.74, 6) is 0.403. The van der Waals surface area contributed by atoms with Crippen LogP contribution in [0.5, 0.6) is 0 Å². The lowest BCUT2D eigenvalue weighted by atomic mass is 10.2. The number of benzene rings is 1. The summed E-state index contributed by atoms with van der Waals surface area (Å²) in [7, 11) is 0. The van der Waals surface area contributed by atoms with Crippen molar-refractivity contribution in [3.05, 3.63) is 29.3 Å². The van der Waals surface area contributed by atoms with Crippen molar-refractivity contribution in [3.63, 3.8) is 0 Å². The fraction of sp³-hybridized carbons (Fsp3) is 0.562. The highest BCUT2D eigenvalue weighted by Gasteiger charge is 2.32. The van der Waals surface area contributed by atoms with Crippen molar-refractivity contribution < 1.29 is 9.53 Å². The number of halogens is 1. The first-order chi connectivity index (χ1) is 10.7. The molecule has 1 aromatic rings. The third-order valence-corrected chi connectivity index (χ3v) is 5.70. The second-order valence-electron chi connectivity index (χ2n) is 5.77. The summed E-state index contributed by atoms with van der Waals surface area (Å²) in [5.41, 5.74) is 0. The topological polar surface area (TPSA) is 41.6 Å². The van der Waals surface area contributed by atoms with Gasteiger partial charge in [-0.15, -0.1) is 11.8 Å². The first-order valence-electron chi connectivity index (χ1n) is 7.72. The largest absolute Gasteiger partial charge is 0.373 e. The van der Waals surface area contributed by atoms with E-state index in [1.54, 1.807) is 0 Å². The van der Waals surface area contributed by atoms with Crippen molar-refractivity contribution in [2.75, 3.05) is 32.0 Å². The summed E-state index contributed by atoms with van der Waals surface area (Å²) in [5, 5.41) is 3.66. The summed E-state index contributed by atoms with van der Waals surface area (Å²) in [6, 6.07) is 8.18. The SMILES string of the molecule is O=C(CSc1ccccc1Cl)NC[C@@H]1CN2CCC[C@@H]2CO1. The van der Waals surface area contributed by atoms with E-state index in [0.717, 1.165) is 18.0 Å². The molecule has 1 amide bonds. The van der Waals surface area contributed by atoms with Crippen LogP contribution in [0.2, 0.25) is 5.02 Å². The molecule has 0 radical (unpaired) electrons.